The summed E-state index contributed by atoms with van der Waals surface area (Å²) in [6, 6.07) is 10.7. The fourth-order valence-corrected chi connectivity index (χ4v) is 3.65. The molecule has 0 saturated heterocycles. The highest BCUT2D eigenvalue weighted by atomic mass is 15.0. The van der Waals surface area contributed by atoms with Gasteiger partial charge in [-0.1, -0.05) is 50.1 Å². The molecule has 1 aliphatic carbocycles. The Bertz CT molecular complexity index is 605. The van der Waals surface area contributed by atoms with Crippen molar-refractivity contribution < 1.29 is 0 Å². The monoisotopic (exact) mass is 281 g/mol. The lowest BCUT2D eigenvalue weighted by Gasteiger charge is -2.29. The van der Waals surface area contributed by atoms with Gasteiger partial charge in [0, 0.05) is 11.3 Å². The predicted octanol–water partition coefficient (Wildman–Crippen LogP) is 3.79. The summed E-state index contributed by atoms with van der Waals surface area (Å²) in [5.74, 6) is 1.57. The Kier molecular flexibility index (Phi) is 3.66. The molecule has 0 spiro atoms. The molecule has 0 radical (unpaired) electrons. The van der Waals surface area contributed by atoms with Gasteiger partial charge in [-0.15, -0.1) is 0 Å². The van der Waals surface area contributed by atoms with E-state index in [1.54, 1.807) is 0 Å². The largest absolute Gasteiger partial charge is 0.383 e. The van der Waals surface area contributed by atoms with Crippen LogP contribution in [-0.2, 0) is 11.8 Å². The van der Waals surface area contributed by atoms with Gasteiger partial charge in [0.15, 0.2) is 0 Å². The van der Waals surface area contributed by atoms with Gasteiger partial charge in [-0.3, -0.25) is 0 Å². The highest BCUT2D eigenvalue weighted by Gasteiger charge is 2.40. The number of benzene rings is 1. The lowest BCUT2D eigenvalue weighted by molar-refractivity contribution is 0.497. The van der Waals surface area contributed by atoms with E-state index in [4.69, 9.17) is 15.7 Å². The maximum absolute atomic E-state index is 6.19. The van der Waals surface area contributed by atoms with Gasteiger partial charge in [-0.05, 0) is 31.7 Å². The number of aryl methyl sites for hydroxylation is 1. The van der Waals surface area contributed by atoms with Crippen molar-refractivity contribution in [1.82, 2.24) is 9.97 Å². The van der Waals surface area contributed by atoms with E-state index in [9.17, 15) is 0 Å². The molecule has 110 valence electrons. The fraction of sp³-hybridized carbons (Fsp3) is 0.444. The van der Waals surface area contributed by atoms with Gasteiger partial charge >= 0.3 is 0 Å². The molecule has 0 amide bonds. The Labute approximate surface area is 126 Å². The van der Waals surface area contributed by atoms with Crippen molar-refractivity contribution in [3.63, 3.8) is 0 Å². The van der Waals surface area contributed by atoms with Crippen LogP contribution in [0, 0.1) is 6.92 Å². The van der Waals surface area contributed by atoms with Gasteiger partial charge in [0.05, 0.1) is 5.41 Å². The molecule has 21 heavy (non-hydrogen) atoms. The third-order valence-corrected chi connectivity index (χ3v) is 4.81. The molecule has 1 fully saturated rings. The maximum Gasteiger partial charge on any atom is 0.141 e. The molecule has 2 aromatic rings. The van der Waals surface area contributed by atoms with E-state index < -0.39 is 0 Å². The van der Waals surface area contributed by atoms with E-state index in [1.165, 1.54) is 18.4 Å². The molecule has 1 heterocycles. The minimum atomic E-state index is -0.0492. The van der Waals surface area contributed by atoms with E-state index in [-0.39, 0.29) is 5.41 Å². The van der Waals surface area contributed by atoms with Crippen molar-refractivity contribution in [2.45, 2.75) is 51.4 Å². The average Bonchev–Trinajstić information content (AvgIpc) is 2.98. The lowest BCUT2D eigenvalue weighted by atomic mass is 9.78. The van der Waals surface area contributed by atoms with Crippen LogP contribution in [0.2, 0.25) is 0 Å². The van der Waals surface area contributed by atoms with Crippen molar-refractivity contribution in [2.75, 3.05) is 5.73 Å². The fourth-order valence-electron chi connectivity index (χ4n) is 3.65. The number of nitrogens with zero attached hydrogens (tertiary/aromatic N) is 2. The number of aromatic nitrogens is 2. The third-order valence-electron chi connectivity index (χ3n) is 4.81. The normalized spacial score (nSPS) is 17.0. The number of anilines is 1. The quantitative estimate of drug-likeness (QED) is 0.931. The number of rotatable bonds is 3. The Hall–Kier alpha value is -1.90. The summed E-state index contributed by atoms with van der Waals surface area (Å²) in [6.45, 7) is 4.15. The van der Waals surface area contributed by atoms with Crippen molar-refractivity contribution in [3.8, 4) is 0 Å². The van der Waals surface area contributed by atoms with Crippen molar-refractivity contribution in [1.29, 1.82) is 0 Å². The van der Waals surface area contributed by atoms with Crippen LogP contribution >= 0.6 is 0 Å². The van der Waals surface area contributed by atoms with Gasteiger partial charge < -0.3 is 5.73 Å². The van der Waals surface area contributed by atoms with Crippen molar-refractivity contribution >= 4 is 5.82 Å². The van der Waals surface area contributed by atoms with Crippen molar-refractivity contribution in [2.24, 2.45) is 0 Å². The summed E-state index contributed by atoms with van der Waals surface area (Å²) in [7, 11) is 0. The number of nitrogens with two attached hydrogens (primary N) is 1. The summed E-state index contributed by atoms with van der Waals surface area (Å²) in [5, 5.41) is 0. The van der Waals surface area contributed by atoms with Gasteiger partial charge in [0.25, 0.3) is 0 Å². The summed E-state index contributed by atoms with van der Waals surface area (Å²) < 4.78 is 0. The van der Waals surface area contributed by atoms with Crippen LogP contribution in [-0.4, -0.2) is 9.97 Å². The molecule has 0 aliphatic heterocycles. The Morgan fingerprint density at radius 1 is 1.10 bits per heavy atom. The Morgan fingerprint density at radius 2 is 1.76 bits per heavy atom. The van der Waals surface area contributed by atoms with E-state index in [1.807, 2.05) is 6.92 Å². The smallest absolute Gasteiger partial charge is 0.141 e. The molecular weight excluding hydrogens is 258 g/mol. The molecule has 1 saturated carbocycles. The third kappa shape index (κ3) is 2.31. The highest BCUT2D eigenvalue weighted by Crippen LogP contribution is 2.45. The van der Waals surface area contributed by atoms with E-state index in [0.717, 1.165) is 36.3 Å². The van der Waals surface area contributed by atoms with Crippen LogP contribution in [0.5, 0.6) is 0 Å². The second-order valence-electron chi connectivity index (χ2n) is 6.01. The van der Waals surface area contributed by atoms with Gasteiger partial charge in [0.2, 0.25) is 0 Å². The molecule has 3 heteroatoms. The molecule has 1 aromatic carbocycles. The molecule has 0 bridgehead atoms. The zero-order valence-corrected chi connectivity index (χ0v) is 12.9. The zero-order chi connectivity index (χ0) is 14.9. The lowest BCUT2D eigenvalue weighted by Crippen LogP contribution is -2.28. The van der Waals surface area contributed by atoms with Crippen LogP contribution in [0.15, 0.2) is 30.3 Å². The second kappa shape index (κ2) is 5.47. The molecule has 1 aliphatic rings. The first kappa shape index (κ1) is 14.1. The van der Waals surface area contributed by atoms with Crippen LogP contribution in [0.1, 0.15) is 55.3 Å². The first-order chi connectivity index (χ1) is 10.2. The predicted molar refractivity (Wildman–Crippen MR) is 86.2 cm³/mol. The highest BCUT2D eigenvalue weighted by molar-refractivity contribution is 5.45. The molecule has 0 unspecified atom stereocenters. The first-order valence-corrected chi connectivity index (χ1v) is 7.86. The Balaban J connectivity index is 2.15. The minimum absolute atomic E-state index is 0.0492. The standard InChI is InChI=1S/C18H23N3/c1-3-15-13(2)20-17(21-16(15)19)18(11-7-8-12-18)14-9-5-4-6-10-14/h4-6,9-10H,3,7-8,11-12H2,1-2H3,(H2,19,20,21). The average molecular weight is 281 g/mol. The molecule has 2 N–H and O–H groups in total. The maximum atomic E-state index is 6.19. The topological polar surface area (TPSA) is 51.8 Å². The molecule has 0 atom stereocenters. The molecular formula is C18H23N3. The van der Waals surface area contributed by atoms with E-state index in [0.29, 0.717) is 5.82 Å². The second-order valence-corrected chi connectivity index (χ2v) is 6.01. The van der Waals surface area contributed by atoms with Crippen LogP contribution in [0.25, 0.3) is 0 Å². The van der Waals surface area contributed by atoms with Gasteiger partial charge in [0.1, 0.15) is 11.6 Å². The summed E-state index contributed by atoms with van der Waals surface area (Å²) in [5.41, 5.74) is 9.57. The summed E-state index contributed by atoms with van der Waals surface area (Å²) >= 11 is 0. The summed E-state index contributed by atoms with van der Waals surface area (Å²) in [6.07, 6.45) is 5.57. The van der Waals surface area contributed by atoms with E-state index >= 15 is 0 Å². The number of hydrogen-bond acceptors (Lipinski definition) is 3. The molecule has 3 rings (SSSR count). The van der Waals surface area contributed by atoms with E-state index in [2.05, 4.69) is 37.3 Å². The minimum Gasteiger partial charge on any atom is -0.383 e. The molecule has 3 nitrogen and oxygen atoms in total. The number of nitrogen functional groups attached to an aromatic ring is 1. The molecule has 1 aromatic heterocycles. The SMILES string of the molecule is CCc1c(C)nc(C2(c3ccccc3)CCCC2)nc1N. The van der Waals surface area contributed by atoms with Gasteiger partial charge in [-0.25, -0.2) is 9.97 Å². The van der Waals surface area contributed by atoms with Gasteiger partial charge in [-0.2, -0.15) is 0 Å². The van der Waals surface area contributed by atoms with Crippen molar-refractivity contribution in [3.05, 3.63) is 53.0 Å². The Morgan fingerprint density at radius 3 is 2.33 bits per heavy atom. The summed E-state index contributed by atoms with van der Waals surface area (Å²) in [4.78, 5) is 9.55. The van der Waals surface area contributed by atoms with Crippen LogP contribution in [0.4, 0.5) is 5.82 Å². The van der Waals surface area contributed by atoms with Crippen LogP contribution in [0.3, 0.4) is 0 Å². The van der Waals surface area contributed by atoms with Crippen LogP contribution < -0.4 is 5.73 Å². The zero-order valence-electron chi connectivity index (χ0n) is 12.9. The first-order valence-electron chi connectivity index (χ1n) is 7.86. The number of hydrogen-bond donors (Lipinski definition) is 1.